The molecule has 0 aromatic rings. The van der Waals surface area contributed by atoms with E-state index in [0.29, 0.717) is 18.2 Å². The lowest BCUT2D eigenvalue weighted by atomic mass is 9.64. The molecule has 1 atom stereocenters. The summed E-state index contributed by atoms with van der Waals surface area (Å²) >= 11 is 0. The number of likely N-dealkylation sites (tertiary alicyclic amines) is 2. The van der Waals surface area contributed by atoms with Crippen molar-refractivity contribution >= 4 is 5.91 Å². The van der Waals surface area contributed by atoms with Crippen LogP contribution in [-0.4, -0.2) is 60.6 Å². The summed E-state index contributed by atoms with van der Waals surface area (Å²) in [6.07, 6.45) is 9.67. The van der Waals surface area contributed by atoms with Crippen molar-refractivity contribution in [1.82, 2.24) is 9.80 Å². The number of carbonyl (C=O) groups excluding carboxylic acids is 1. The summed E-state index contributed by atoms with van der Waals surface area (Å²) in [7, 11) is 2.14. The van der Waals surface area contributed by atoms with Crippen LogP contribution in [0.25, 0.3) is 0 Å². The largest absolute Gasteiger partial charge is 0.396 e. The Balaban J connectivity index is 1.56. The smallest absolute Gasteiger partial charge is 0.226 e. The van der Waals surface area contributed by atoms with Crippen LogP contribution in [0.2, 0.25) is 0 Å². The molecule has 0 bridgehead atoms. The number of aliphatic hydroxyl groups is 1. The Labute approximate surface area is 134 Å². The lowest BCUT2D eigenvalue weighted by Gasteiger charge is -2.51. The minimum absolute atomic E-state index is 0.269. The third-order valence-corrected chi connectivity index (χ3v) is 6.24. The first-order valence-corrected chi connectivity index (χ1v) is 8.88. The molecule has 0 aromatic carbocycles. The van der Waals surface area contributed by atoms with Crippen molar-refractivity contribution in [1.29, 1.82) is 0 Å². The minimum atomic E-state index is 0.269. The van der Waals surface area contributed by atoms with Crippen LogP contribution in [0.3, 0.4) is 0 Å². The zero-order chi connectivity index (χ0) is 15.6. The van der Waals surface area contributed by atoms with E-state index in [-0.39, 0.29) is 12.0 Å². The van der Waals surface area contributed by atoms with Crippen LogP contribution < -0.4 is 0 Å². The Kier molecular flexibility index (Phi) is 4.88. The molecule has 22 heavy (non-hydrogen) atoms. The molecule has 4 heteroatoms. The highest BCUT2D eigenvalue weighted by molar-refractivity contribution is 5.78. The number of hydrogen-bond acceptors (Lipinski definition) is 3. The zero-order valence-corrected chi connectivity index (χ0v) is 13.9. The normalized spacial score (nSPS) is 28.9. The van der Waals surface area contributed by atoms with Crippen molar-refractivity contribution in [3.63, 3.8) is 0 Å². The van der Waals surface area contributed by atoms with Gasteiger partial charge in [-0.3, -0.25) is 4.79 Å². The summed E-state index contributed by atoms with van der Waals surface area (Å²) in [6, 6.07) is 0. The number of carbonyl (C=O) groups is 1. The van der Waals surface area contributed by atoms with Gasteiger partial charge in [0.15, 0.2) is 0 Å². The van der Waals surface area contributed by atoms with Crippen LogP contribution >= 0.6 is 0 Å². The van der Waals surface area contributed by atoms with Gasteiger partial charge in [-0.05, 0) is 57.5 Å². The monoisotopic (exact) mass is 306 g/mol. The Bertz CT molecular complexity index is 438. The van der Waals surface area contributed by atoms with Crippen molar-refractivity contribution < 1.29 is 9.90 Å². The Morgan fingerprint density at radius 3 is 2.68 bits per heavy atom. The predicted octanol–water partition coefficient (Wildman–Crippen LogP) is 2.04. The van der Waals surface area contributed by atoms with E-state index in [0.717, 1.165) is 51.9 Å². The number of hydrogen-bond donors (Lipinski definition) is 1. The van der Waals surface area contributed by atoms with Crippen LogP contribution in [0.1, 0.15) is 44.9 Å². The number of piperidine rings is 2. The zero-order valence-electron chi connectivity index (χ0n) is 13.9. The van der Waals surface area contributed by atoms with Gasteiger partial charge in [-0.2, -0.15) is 0 Å². The van der Waals surface area contributed by atoms with Gasteiger partial charge in [0.05, 0.1) is 0 Å². The fourth-order valence-corrected chi connectivity index (χ4v) is 4.59. The molecular weight excluding hydrogens is 276 g/mol. The predicted molar refractivity (Wildman–Crippen MR) is 87.5 cm³/mol. The first kappa shape index (κ1) is 16.0. The maximum absolute atomic E-state index is 12.5. The SMILES string of the molecule is CN1CCC2(CCN(C(=O)CC3=CCCC3)CC2)[C@H](CO)C1. The third-order valence-electron chi connectivity index (χ3n) is 6.24. The topological polar surface area (TPSA) is 43.8 Å². The van der Waals surface area contributed by atoms with E-state index in [1.54, 1.807) is 0 Å². The third kappa shape index (κ3) is 3.23. The number of rotatable bonds is 3. The van der Waals surface area contributed by atoms with E-state index in [1.165, 1.54) is 18.4 Å². The summed E-state index contributed by atoms with van der Waals surface area (Å²) in [5, 5.41) is 9.78. The van der Waals surface area contributed by atoms with Gasteiger partial charge in [-0.15, -0.1) is 0 Å². The summed E-state index contributed by atoms with van der Waals surface area (Å²) in [6.45, 7) is 4.17. The molecule has 2 saturated heterocycles. The molecule has 0 radical (unpaired) electrons. The van der Waals surface area contributed by atoms with E-state index >= 15 is 0 Å². The van der Waals surface area contributed by atoms with Gasteiger partial charge >= 0.3 is 0 Å². The molecule has 1 spiro atoms. The summed E-state index contributed by atoms with van der Waals surface area (Å²) in [5.41, 5.74) is 1.61. The van der Waals surface area contributed by atoms with Crippen molar-refractivity contribution in [2.24, 2.45) is 11.3 Å². The van der Waals surface area contributed by atoms with E-state index in [1.807, 2.05) is 0 Å². The van der Waals surface area contributed by atoms with Gasteiger partial charge in [0.1, 0.15) is 0 Å². The maximum Gasteiger partial charge on any atom is 0.226 e. The average Bonchev–Trinajstić information content (AvgIpc) is 3.03. The fourth-order valence-electron chi connectivity index (χ4n) is 4.59. The molecule has 2 fully saturated rings. The molecular formula is C18H30N2O2. The highest BCUT2D eigenvalue weighted by Crippen LogP contribution is 2.45. The lowest BCUT2D eigenvalue weighted by Crippen LogP contribution is -2.53. The van der Waals surface area contributed by atoms with Gasteiger partial charge in [-0.1, -0.05) is 11.6 Å². The van der Waals surface area contributed by atoms with Crippen molar-refractivity contribution in [3.8, 4) is 0 Å². The van der Waals surface area contributed by atoms with E-state index in [4.69, 9.17) is 0 Å². The van der Waals surface area contributed by atoms with E-state index in [2.05, 4.69) is 22.9 Å². The standard InChI is InChI=1S/C18H30N2O2/c1-19-9-6-18(16(13-19)14-21)7-10-20(11-8-18)17(22)12-15-4-2-3-5-15/h4,16,21H,2-3,5-14H2,1H3/t16-/m0/s1. The molecule has 2 heterocycles. The second-order valence-corrected chi connectivity index (χ2v) is 7.57. The Morgan fingerprint density at radius 2 is 2.05 bits per heavy atom. The highest BCUT2D eigenvalue weighted by Gasteiger charge is 2.44. The number of aliphatic hydroxyl groups excluding tert-OH is 1. The number of amides is 1. The van der Waals surface area contributed by atoms with E-state index < -0.39 is 0 Å². The number of nitrogens with zero attached hydrogens (tertiary/aromatic N) is 2. The molecule has 1 aliphatic carbocycles. The van der Waals surface area contributed by atoms with Crippen molar-refractivity contribution in [2.45, 2.75) is 44.9 Å². The molecule has 3 aliphatic rings. The molecule has 1 amide bonds. The molecule has 4 nitrogen and oxygen atoms in total. The van der Waals surface area contributed by atoms with Crippen LogP contribution in [-0.2, 0) is 4.79 Å². The fraction of sp³-hybridized carbons (Fsp3) is 0.833. The van der Waals surface area contributed by atoms with Gasteiger partial charge in [0, 0.05) is 38.6 Å². The highest BCUT2D eigenvalue weighted by atomic mass is 16.3. The Hall–Kier alpha value is -0.870. The molecule has 0 saturated carbocycles. The number of allylic oxidation sites excluding steroid dienone is 1. The van der Waals surface area contributed by atoms with E-state index in [9.17, 15) is 9.90 Å². The maximum atomic E-state index is 12.5. The first-order valence-electron chi connectivity index (χ1n) is 8.88. The quantitative estimate of drug-likeness (QED) is 0.812. The molecule has 2 aliphatic heterocycles. The Morgan fingerprint density at radius 1 is 1.32 bits per heavy atom. The summed E-state index contributed by atoms with van der Waals surface area (Å²) < 4.78 is 0. The van der Waals surface area contributed by atoms with Crippen LogP contribution in [0.4, 0.5) is 0 Å². The molecule has 3 rings (SSSR count). The molecule has 0 aromatic heterocycles. The lowest BCUT2D eigenvalue weighted by molar-refractivity contribution is -0.134. The summed E-state index contributed by atoms with van der Waals surface area (Å²) in [4.78, 5) is 16.9. The van der Waals surface area contributed by atoms with Crippen LogP contribution in [0.15, 0.2) is 11.6 Å². The van der Waals surface area contributed by atoms with Gasteiger partial charge < -0.3 is 14.9 Å². The molecule has 1 N–H and O–H groups in total. The van der Waals surface area contributed by atoms with Crippen molar-refractivity contribution in [3.05, 3.63) is 11.6 Å². The second kappa shape index (κ2) is 6.71. The summed E-state index contributed by atoms with van der Waals surface area (Å²) in [5.74, 6) is 0.692. The van der Waals surface area contributed by atoms with Crippen LogP contribution in [0, 0.1) is 11.3 Å². The van der Waals surface area contributed by atoms with Gasteiger partial charge in [-0.25, -0.2) is 0 Å². The van der Waals surface area contributed by atoms with Crippen LogP contribution in [0.5, 0.6) is 0 Å². The van der Waals surface area contributed by atoms with Gasteiger partial charge in [0.25, 0.3) is 0 Å². The molecule has 0 unspecified atom stereocenters. The minimum Gasteiger partial charge on any atom is -0.396 e. The van der Waals surface area contributed by atoms with Crippen molar-refractivity contribution in [2.75, 3.05) is 39.8 Å². The average molecular weight is 306 g/mol. The van der Waals surface area contributed by atoms with Gasteiger partial charge in [0.2, 0.25) is 5.91 Å². The first-order chi connectivity index (χ1) is 10.6. The molecule has 124 valence electrons. The second-order valence-electron chi connectivity index (χ2n) is 7.57.